The maximum atomic E-state index is 14.8. The molecule has 1 heterocycles. The van der Waals surface area contributed by atoms with Gasteiger partial charge < -0.3 is 35.8 Å². The van der Waals surface area contributed by atoms with Gasteiger partial charge in [-0.25, -0.2) is 9.18 Å². The van der Waals surface area contributed by atoms with Gasteiger partial charge in [-0.05, 0) is 6.92 Å². The van der Waals surface area contributed by atoms with Gasteiger partial charge in [0.1, 0.15) is 18.3 Å². The second-order valence-electron chi connectivity index (χ2n) is 5.39. The second-order valence-corrected chi connectivity index (χ2v) is 5.39. The number of carbonyl (C=O) groups excluding carboxylic acids is 2. The number of hydrogen-bond acceptors (Lipinski definition) is 8. The molecule has 0 saturated carbocycles. The van der Waals surface area contributed by atoms with Gasteiger partial charge in [0.15, 0.2) is 6.17 Å². The molecule has 1 fully saturated rings. The molecule has 11 heteroatoms. The number of aliphatic hydroxyl groups excluding tert-OH is 3. The molecule has 0 aromatic carbocycles. The molecule has 1 aliphatic rings. The van der Waals surface area contributed by atoms with Gasteiger partial charge in [-0.15, -0.1) is 0 Å². The summed E-state index contributed by atoms with van der Waals surface area (Å²) >= 11 is 0. The summed E-state index contributed by atoms with van der Waals surface area (Å²) in [5.74, 6) is -6.01. The molecule has 0 aromatic heterocycles. The highest BCUT2D eigenvalue weighted by Gasteiger charge is 2.62. The molecule has 0 radical (unpaired) electrons. The highest BCUT2D eigenvalue weighted by Crippen LogP contribution is 2.35. The third-order valence-electron chi connectivity index (χ3n) is 3.61. The fraction of sp³-hybridized carbons (Fsp3) is 0.846. The number of ether oxygens (including phenoxy) is 2. The summed E-state index contributed by atoms with van der Waals surface area (Å²) in [5, 5.41) is 30.6. The van der Waals surface area contributed by atoms with Crippen LogP contribution in [0, 0.1) is 0 Å². The third-order valence-corrected chi connectivity index (χ3v) is 3.61. The average Bonchev–Trinajstić information content (AvgIpc) is 2.53. The molecule has 4 unspecified atom stereocenters. The predicted octanol–water partition coefficient (Wildman–Crippen LogP) is -2.50. The summed E-state index contributed by atoms with van der Waals surface area (Å²) in [4.78, 5) is 23.0. The van der Waals surface area contributed by atoms with Crippen LogP contribution in [0.1, 0.15) is 13.8 Å². The van der Waals surface area contributed by atoms with Crippen molar-refractivity contribution < 1.29 is 43.2 Å². The van der Waals surface area contributed by atoms with Crippen LogP contribution in [0.25, 0.3) is 0 Å². The van der Waals surface area contributed by atoms with Crippen LogP contribution in [-0.4, -0.2) is 82.8 Å². The van der Waals surface area contributed by atoms with Crippen molar-refractivity contribution in [3.8, 4) is 0 Å². The van der Waals surface area contributed by atoms with Gasteiger partial charge in [0, 0.05) is 6.92 Å². The van der Waals surface area contributed by atoms with Crippen molar-refractivity contribution in [1.82, 2.24) is 5.32 Å². The highest BCUT2D eigenvalue weighted by molar-refractivity contribution is 5.79. The van der Waals surface area contributed by atoms with Crippen molar-refractivity contribution in [2.45, 2.75) is 56.3 Å². The lowest BCUT2D eigenvalue weighted by molar-refractivity contribution is -0.278. The van der Waals surface area contributed by atoms with Crippen LogP contribution in [0.5, 0.6) is 0 Å². The molecule has 1 rings (SSSR count). The molecule has 0 bridgehead atoms. The number of halogens is 2. The van der Waals surface area contributed by atoms with Gasteiger partial charge in [-0.1, -0.05) is 0 Å². The first-order valence-corrected chi connectivity index (χ1v) is 7.27. The molecule has 1 aliphatic heterocycles. The zero-order valence-corrected chi connectivity index (χ0v) is 13.2. The summed E-state index contributed by atoms with van der Waals surface area (Å²) in [6, 6.07) is -3.25. The van der Waals surface area contributed by atoms with E-state index in [9.17, 15) is 28.6 Å². The van der Waals surface area contributed by atoms with E-state index in [1.165, 1.54) is 6.92 Å². The first-order valence-electron chi connectivity index (χ1n) is 7.27. The molecule has 9 nitrogen and oxygen atoms in total. The number of hydrogen-bond donors (Lipinski definition) is 5. The van der Waals surface area contributed by atoms with E-state index in [2.05, 4.69) is 10.1 Å². The fourth-order valence-corrected chi connectivity index (χ4v) is 2.40. The number of carbonyl (C=O) groups is 2. The largest absolute Gasteiger partial charge is 0.462 e. The molecule has 7 atom stereocenters. The SMILES string of the molecule is CCOC(=O)[C@]1(F)OC([C@H](O)[C@H](O)CO)C(NC(C)=O)C(N)C1F. The Morgan fingerprint density at radius 2 is 2.04 bits per heavy atom. The van der Waals surface area contributed by atoms with Crippen molar-refractivity contribution in [3.63, 3.8) is 0 Å². The van der Waals surface area contributed by atoms with E-state index < -0.39 is 60.9 Å². The van der Waals surface area contributed by atoms with Crippen LogP contribution < -0.4 is 11.1 Å². The topological polar surface area (TPSA) is 151 Å². The molecular weight excluding hydrogens is 334 g/mol. The standard InChI is InChI=1S/C13H22F2N2O7/c1-3-23-12(22)13(15)11(14)7(16)8(17-5(2)19)10(24-13)9(21)6(20)4-18/h6-11,18,20-21H,3-4,16H2,1-2H3,(H,17,19)/t6-,7?,8?,9-,10?,11?,13-/m1/s1. The Balaban J connectivity index is 3.21. The van der Waals surface area contributed by atoms with Crippen molar-refractivity contribution >= 4 is 11.9 Å². The molecule has 1 amide bonds. The Bertz CT molecular complexity index is 470. The first-order chi connectivity index (χ1) is 11.1. The number of alkyl halides is 2. The van der Waals surface area contributed by atoms with Crippen molar-refractivity contribution in [2.75, 3.05) is 13.2 Å². The Morgan fingerprint density at radius 1 is 1.46 bits per heavy atom. The van der Waals surface area contributed by atoms with E-state index in [0.29, 0.717) is 0 Å². The van der Waals surface area contributed by atoms with E-state index in [1.807, 2.05) is 0 Å². The predicted molar refractivity (Wildman–Crippen MR) is 74.9 cm³/mol. The van der Waals surface area contributed by atoms with Crippen molar-refractivity contribution in [3.05, 3.63) is 0 Å². The van der Waals surface area contributed by atoms with Crippen molar-refractivity contribution in [1.29, 1.82) is 0 Å². The van der Waals surface area contributed by atoms with Crippen LogP contribution in [0.4, 0.5) is 8.78 Å². The summed E-state index contributed by atoms with van der Waals surface area (Å²) in [5.41, 5.74) is 5.58. The number of nitrogens with two attached hydrogens (primary N) is 1. The zero-order valence-electron chi connectivity index (χ0n) is 13.2. The lowest BCUT2D eigenvalue weighted by Crippen LogP contribution is -2.73. The van der Waals surface area contributed by atoms with Gasteiger partial charge in [0.25, 0.3) is 0 Å². The van der Waals surface area contributed by atoms with Crippen LogP contribution in [0.3, 0.4) is 0 Å². The minimum atomic E-state index is -3.63. The van der Waals surface area contributed by atoms with Gasteiger partial charge in [0.05, 0.1) is 25.3 Å². The lowest BCUT2D eigenvalue weighted by atomic mass is 9.86. The molecule has 0 spiro atoms. The van der Waals surface area contributed by atoms with Crippen LogP contribution >= 0.6 is 0 Å². The molecule has 6 N–H and O–H groups in total. The minimum Gasteiger partial charge on any atom is -0.462 e. The number of esters is 1. The molecule has 1 saturated heterocycles. The summed E-state index contributed by atoms with van der Waals surface area (Å²) < 4.78 is 38.3. The zero-order chi connectivity index (χ0) is 18.7. The van der Waals surface area contributed by atoms with Gasteiger partial charge in [-0.2, -0.15) is 4.39 Å². The van der Waals surface area contributed by atoms with Crippen LogP contribution in [0.15, 0.2) is 0 Å². The van der Waals surface area contributed by atoms with E-state index in [4.69, 9.17) is 15.6 Å². The maximum Gasteiger partial charge on any atom is 0.375 e. The van der Waals surface area contributed by atoms with E-state index in [1.54, 1.807) is 0 Å². The maximum absolute atomic E-state index is 14.8. The fourth-order valence-electron chi connectivity index (χ4n) is 2.40. The monoisotopic (exact) mass is 356 g/mol. The number of aliphatic hydroxyl groups is 3. The Hall–Kier alpha value is -1.40. The number of nitrogens with one attached hydrogen (secondary N) is 1. The lowest BCUT2D eigenvalue weighted by Gasteiger charge is -2.46. The van der Waals surface area contributed by atoms with E-state index in [-0.39, 0.29) is 6.61 Å². The van der Waals surface area contributed by atoms with E-state index in [0.717, 1.165) is 6.92 Å². The number of rotatable bonds is 6. The van der Waals surface area contributed by atoms with Crippen LogP contribution in [-0.2, 0) is 19.1 Å². The molecule has 0 aliphatic carbocycles. The van der Waals surface area contributed by atoms with Gasteiger partial charge in [0.2, 0.25) is 5.91 Å². The van der Waals surface area contributed by atoms with Gasteiger partial charge >= 0.3 is 11.8 Å². The summed E-state index contributed by atoms with van der Waals surface area (Å²) in [7, 11) is 0. The first kappa shape index (κ1) is 20.6. The Labute approximate surface area is 136 Å². The third kappa shape index (κ3) is 3.98. The quantitative estimate of drug-likeness (QED) is 0.328. The normalized spacial score (nSPS) is 35.8. The summed E-state index contributed by atoms with van der Waals surface area (Å²) in [6.07, 6.45) is -8.29. The highest BCUT2D eigenvalue weighted by atomic mass is 19.2. The minimum absolute atomic E-state index is 0.266. The smallest absolute Gasteiger partial charge is 0.375 e. The molecule has 140 valence electrons. The Morgan fingerprint density at radius 3 is 2.50 bits per heavy atom. The van der Waals surface area contributed by atoms with Crippen molar-refractivity contribution in [2.24, 2.45) is 5.73 Å². The van der Waals surface area contributed by atoms with E-state index >= 15 is 0 Å². The second kappa shape index (κ2) is 8.12. The Kier molecular flexibility index (Phi) is 6.98. The molecular formula is C13H22F2N2O7. The summed E-state index contributed by atoms with van der Waals surface area (Å²) in [6.45, 7) is 1.23. The number of amides is 1. The van der Waals surface area contributed by atoms with Crippen LogP contribution in [0.2, 0.25) is 0 Å². The molecule has 24 heavy (non-hydrogen) atoms. The average molecular weight is 356 g/mol. The van der Waals surface area contributed by atoms with Gasteiger partial charge in [-0.3, -0.25) is 4.79 Å². The molecule has 0 aromatic rings.